The molecule has 1 amide bonds. The molecule has 2 aromatic rings. The van der Waals surface area contributed by atoms with Crippen LogP contribution in [0.15, 0.2) is 48.5 Å². The molecule has 0 unspecified atom stereocenters. The van der Waals surface area contributed by atoms with Crippen LogP contribution in [-0.2, 0) is 0 Å². The zero-order valence-corrected chi connectivity index (χ0v) is 22.4. The Labute approximate surface area is 216 Å². The molecule has 0 radical (unpaired) electrons. The number of rotatable bonds is 8. The second-order valence-corrected chi connectivity index (χ2v) is 11.3. The Morgan fingerprint density at radius 1 is 0.917 bits per heavy atom. The van der Waals surface area contributed by atoms with Gasteiger partial charge in [0.15, 0.2) is 0 Å². The summed E-state index contributed by atoms with van der Waals surface area (Å²) in [4.78, 5) is 19.5. The van der Waals surface area contributed by atoms with Gasteiger partial charge in [0, 0.05) is 44.3 Å². The van der Waals surface area contributed by atoms with Gasteiger partial charge in [0.2, 0.25) is 0 Å². The second kappa shape index (κ2) is 11.7. The number of carbonyl (C=O) groups excluding carboxylic acids is 1. The Kier molecular flexibility index (Phi) is 8.68. The lowest BCUT2D eigenvalue weighted by Crippen LogP contribution is -2.50. The summed E-state index contributed by atoms with van der Waals surface area (Å²) in [6.07, 6.45) is 2.10. The van der Waals surface area contributed by atoms with E-state index < -0.39 is 5.67 Å². The van der Waals surface area contributed by atoms with Gasteiger partial charge in [-0.05, 0) is 94.9 Å². The molecule has 0 bridgehead atoms. The van der Waals surface area contributed by atoms with Gasteiger partial charge in [-0.1, -0.05) is 24.3 Å². The number of benzene rings is 2. The van der Waals surface area contributed by atoms with Crippen molar-refractivity contribution < 1.29 is 13.9 Å². The number of halogens is 1. The number of nitrogens with zero attached hydrogens (tertiary/aromatic N) is 3. The van der Waals surface area contributed by atoms with E-state index in [-0.39, 0.29) is 5.91 Å². The van der Waals surface area contributed by atoms with Crippen molar-refractivity contribution in [1.29, 1.82) is 0 Å². The van der Waals surface area contributed by atoms with Crippen molar-refractivity contribution in [2.24, 2.45) is 5.92 Å². The molecule has 2 heterocycles. The lowest BCUT2D eigenvalue weighted by Gasteiger charge is -2.37. The van der Waals surface area contributed by atoms with E-state index in [1.807, 2.05) is 41.3 Å². The largest absolute Gasteiger partial charge is 0.493 e. The number of likely N-dealkylation sites (tertiary alicyclic amines) is 1. The van der Waals surface area contributed by atoms with E-state index in [4.69, 9.17) is 4.74 Å². The third kappa shape index (κ3) is 7.30. The molecule has 6 heteroatoms. The number of alkyl halides is 1. The predicted molar refractivity (Wildman–Crippen MR) is 144 cm³/mol. The van der Waals surface area contributed by atoms with Crippen molar-refractivity contribution in [3.63, 3.8) is 0 Å². The monoisotopic (exact) mass is 495 g/mol. The van der Waals surface area contributed by atoms with Gasteiger partial charge in [-0.2, -0.15) is 0 Å². The maximum atomic E-state index is 13.9. The minimum atomic E-state index is -1.13. The van der Waals surface area contributed by atoms with E-state index in [0.29, 0.717) is 25.1 Å². The lowest BCUT2D eigenvalue weighted by atomic mass is 9.97. The molecule has 4 rings (SSSR count). The number of ether oxygens (including phenoxy) is 1. The zero-order chi connectivity index (χ0) is 25.7. The van der Waals surface area contributed by atoms with Crippen molar-refractivity contribution >= 4 is 5.91 Å². The van der Waals surface area contributed by atoms with Gasteiger partial charge in [0.05, 0.1) is 6.61 Å². The van der Waals surface area contributed by atoms with E-state index in [1.165, 1.54) is 0 Å². The highest BCUT2D eigenvalue weighted by atomic mass is 19.1. The SMILES string of the molecule is CC(C)N1CCN(C(=O)c2ccc(-c3ccc(OCC4CCN(CC(C)(C)F)CC4)cc3)cc2)CC1. The van der Waals surface area contributed by atoms with Gasteiger partial charge in [-0.25, -0.2) is 4.39 Å². The molecule has 5 nitrogen and oxygen atoms in total. The highest BCUT2D eigenvalue weighted by Gasteiger charge is 2.26. The van der Waals surface area contributed by atoms with E-state index in [9.17, 15) is 9.18 Å². The van der Waals surface area contributed by atoms with Crippen molar-refractivity contribution in [1.82, 2.24) is 14.7 Å². The Bertz CT molecular complexity index is 969. The normalized spacial score (nSPS) is 18.6. The molecule has 36 heavy (non-hydrogen) atoms. The van der Waals surface area contributed by atoms with Crippen LogP contribution in [0.5, 0.6) is 5.75 Å². The Hall–Kier alpha value is -2.44. The number of hydrogen-bond acceptors (Lipinski definition) is 4. The summed E-state index contributed by atoms with van der Waals surface area (Å²) in [6.45, 7) is 14.2. The van der Waals surface area contributed by atoms with Crippen LogP contribution in [0.2, 0.25) is 0 Å². The van der Waals surface area contributed by atoms with Gasteiger partial charge in [-0.3, -0.25) is 9.69 Å². The summed E-state index contributed by atoms with van der Waals surface area (Å²) in [5, 5.41) is 0. The summed E-state index contributed by atoms with van der Waals surface area (Å²) in [5.74, 6) is 1.51. The molecule has 0 saturated carbocycles. The summed E-state index contributed by atoms with van der Waals surface area (Å²) in [7, 11) is 0. The van der Waals surface area contributed by atoms with Crippen LogP contribution in [0.4, 0.5) is 4.39 Å². The fraction of sp³-hybridized carbons (Fsp3) is 0.567. The van der Waals surface area contributed by atoms with Crippen LogP contribution >= 0.6 is 0 Å². The highest BCUT2D eigenvalue weighted by molar-refractivity contribution is 5.94. The van der Waals surface area contributed by atoms with Gasteiger partial charge in [0.25, 0.3) is 5.91 Å². The topological polar surface area (TPSA) is 36.0 Å². The van der Waals surface area contributed by atoms with Crippen LogP contribution < -0.4 is 4.74 Å². The van der Waals surface area contributed by atoms with Gasteiger partial charge in [-0.15, -0.1) is 0 Å². The Morgan fingerprint density at radius 3 is 2.00 bits per heavy atom. The summed E-state index contributed by atoms with van der Waals surface area (Å²) in [6, 6.07) is 16.6. The standard InChI is InChI=1S/C30H42FN3O2/c1-23(2)33-17-19-34(20-18-33)29(35)27-7-5-25(6-8-27)26-9-11-28(12-10-26)36-21-24-13-15-32(16-14-24)22-30(3,4)31/h5-12,23-24H,13-22H2,1-4H3. The first kappa shape index (κ1) is 26.6. The number of piperazine rings is 1. The molecular weight excluding hydrogens is 453 g/mol. The average Bonchev–Trinajstić information content (AvgIpc) is 2.87. The Balaban J connectivity index is 1.25. The van der Waals surface area contributed by atoms with Gasteiger partial charge >= 0.3 is 0 Å². The first-order valence-electron chi connectivity index (χ1n) is 13.5. The quantitative estimate of drug-likeness (QED) is 0.494. The molecule has 0 aromatic heterocycles. The van der Waals surface area contributed by atoms with E-state index in [0.717, 1.165) is 74.6 Å². The third-order valence-electron chi connectivity index (χ3n) is 7.44. The Morgan fingerprint density at radius 2 is 1.47 bits per heavy atom. The average molecular weight is 496 g/mol. The summed E-state index contributed by atoms with van der Waals surface area (Å²) < 4.78 is 19.9. The minimum absolute atomic E-state index is 0.118. The molecule has 0 N–H and O–H groups in total. The molecular formula is C30H42FN3O2. The first-order valence-corrected chi connectivity index (χ1v) is 13.5. The number of amides is 1. The molecule has 196 valence electrons. The molecule has 2 saturated heterocycles. The minimum Gasteiger partial charge on any atom is -0.493 e. The fourth-order valence-electron chi connectivity index (χ4n) is 5.23. The number of carbonyl (C=O) groups is 1. The summed E-state index contributed by atoms with van der Waals surface area (Å²) in [5.41, 5.74) is 1.81. The van der Waals surface area contributed by atoms with Crippen molar-refractivity contribution in [2.75, 3.05) is 52.4 Å². The van der Waals surface area contributed by atoms with Crippen LogP contribution in [0.3, 0.4) is 0 Å². The van der Waals surface area contributed by atoms with E-state index in [1.54, 1.807) is 13.8 Å². The zero-order valence-electron chi connectivity index (χ0n) is 22.4. The van der Waals surface area contributed by atoms with Crippen molar-refractivity contribution in [3.05, 3.63) is 54.1 Å². The third-order valence-corrected chi connectivity index (χ3v) is 7.44. The molecule has 2 aliphatic rings. The number of hydrogen-bond donors (Lipinski definition) is 0. The molecule has 2 aromatic carbocycles. The predicted octanol–water partition coefficient (Wildman–Crippen LogP) is 5.36. The number of piperidine rings is 1. The summed E-state index contributed by atoms with van der Waals surface area (Å²) >= 11 is 0. The highest BCUT2D eigenvalue weighted by Crippen LogP contribution is 2.25. The van der Waals surface area contributed by atoms with Gasteiger partial charge in [0.1, 0.15) is 11.4 Å². The molecule has 0 spiro atoms. The molecule has 0 atom stereocenters. The second-order valence-electron chi connectivity index (χ2n) is 11.3. The lowest BCUT2D eigenvalue weighted by molar-refractivity contribution is 0.0595. The van der Waals surface area contributed by atoms with E-state index in [2.05, 4.69) is 35.8 Å². The maximum absolute atomic E-state index is 13.9. The van der Waals surface area contributed by atoms with Crippen LogP contribution in [0, 0.1) is 5.92 Å². The molecule has 0 aliphatic carbocycles. The van der Waals surface area contributed by atoms with Crippen LogP contribution in [-0.4, -0.2) is 84.7 Å². The smallest absolute Gasteiger partial charge is 0.253 e. The van der Waals surface area contributed by atoms with Crippen LogP contribution in [0.25, 0.3) is 11.1 Å². The maximum Gasteiger partial charge on any atom is 0.253 e. The molecule has 2 fully saturated rings. The van der Waals surface area contributed by atoms with Crippen LogP contribution in [0.1, 0.15) is 50.9 Å². The van der Waals surface area contributed by atoms with Crippen molar-refractivity contribution in [3.8, 4) is 16.9 Å². The first-order chi connectivity index (χ1) is 17.2. The van der Waals surface area contributed by atoms with E-state index >= 15 is 0 Å². The molecule has 2 aliphatic heterocycles. The fourth-order valence-corrected chi connectivity index (χ4v) is 5.23. The van der Waals surface area contributed by atoms with Gasteiger partial charge < -0.3 is 14.5 Å². The van der Waals surface area contributed by atoms with Crippen molar-refractivity contribution in [2.45, 2.75) is 52.2 Å².